The Balaban J connectivity index is 3.17. The first-order chi connectivity index (χ1) is 6.27. The number of unbranched alkanes of at least 4 members (excludes halogenated alkanes) is 4. The maximum Gasteiger partial charge on any atom is 0.266 e. The van der Waals surface area contributed by atoms with Crippen LogP contribution >= 0.6 is 0 Å². The highest BCUT2D eigenvalue weighted by atomic mass is 19.3. The van der Waals surface area contributed by atoms with Gasteiger partial charge in [-0.25, -0.2) is 0 Å². The molecule has 0 aromatic heterocycles. The second kappa shape index (κ2) is 9.43. The van der Waals surface area contributed by atoms with Crippen molar-refractivity contribution in [1.82, 2.24) is 0 Å². The highest BCUT2D eigenvalue weighted by Gasteiger charge is 1.85. The lowest BCUT2D eigenvalue weighted by molar-refractivity contribution is 0.417. The van der Waals surface area contributed by atoms with Gasteiger partial charge in [0.05, 0.1) is 0 Å². The van der Waals surface area contributed by atoms with Gasteiger partial charge in [0.15, 0.2) is 0 Å². The van der Waals surface area contributed by atoms with E-state index in [2.05, 4.69) is 13.0 Å². The second-order valence-electron chi connectivity index (χ2n) is 3.04. The van der Waals surface area contributed by atoms with Gasteiger partial charge in [-0.05, 0) is 31.8 Å². The first-order valence-corrected chi connectivity index (χ1v) is 4.93. The quantitative estimate of drug-likeness (QED) is 0.402. The first-order valence-electron chi connectivity index (χ1n) is 4.93. The highest BCUT2D eigenvalue weighted by Crippen LogP contribution is 2.04. The molecule has 0 aliphatic rings. The maximum atomic E-state index is 11.5. The fourth-order valence-corrected chi connectivity index (χ4v) is 1.04. The minimum absolute atomic E-state index is 0.451. The predicted molar refractivity (Wildman–Crippen MR) is 52.8 cm³/mol. The van der Waals surface area contributed by atoms with Crippen LogP contribution in [0, 0.1) is 0 Å². The Hall–Kier alpha value is -0.660. The molecule has 0 rings (SSSR count). The van der Waals surface area contributed by atoms with E-state index in [-0.39, 0.29) is 0 Å². The summed E-state index contributed by atoms with van der Waals surface area (Å²) in [6.07, 6.45) is 9.41. The Morgan fingerprint density at radius 3 is 2.31 bits per heavy atom. The number of hydrogen-bond donors (Lipinski definition) is 0. The molecule has 0 atom stereocenters. The molecule has 0 bridgehead atoms. The minimum atomic E-state index is -1.57. The molecule has 0 radical (unpaired) electrons. The average Bonchev–Trinajstić information content (AvgIpc) is 2.09. The SMILES string of the molecule is CCCCC/C=C/CCC=C(F)F. The van der Waals surface area contributed by atoms with Crippen molar-refractivity contribution < 1.29 is 8.78 Å². The molecule has 0 aromatic rings. The van der Waals surface area contributed by atoms with Gasteiger partial charge < -0.3 is 0 Å². The maximum absolute atomic E-state index is 11.5. The Kier molecular flexibility index (Phi) is 8.95. The van der Waals surface area contributed by atoms with Crippen LogP contribution in [0.1, 0.15) is 45.4 Å². The zero-order valence-corrected chi connectivity index (χ0v) is 8.23. The number of hydrogen-bond acceptors (Lipinski definition) is 0. The molecular weight excluding hydrogens is 170 g/mol. The van der Waals surface area contributed by atoms with Crippen molar-refractivity contribution in [2.45, 2.75) is 45.4 Å². The van der Waals surface area contributed by atoms with E-state index >= 15 is 0 Å². The van der Waals surface area contributed by atoms with Crippen LogP contribution in [0.2, 0.25) is 0 Å². The lowest BCUT2D eigenvalue weighted by Gasteiger charge is -1.91. The van der Waals surface area contributed by atoms with Crippen LogP contribution in [0.3, 0.4) is 0 Å². The molecule has 0 fully saturated rings. The molecule has 0 amide bonds. The molecule has 0 N–H and O–H groups in total. The van der Waals surface area contributed by atoms with Crippen LogP contribution in [-0.4, -0.2) is 0 Å². The topological polar surface area (TPSA) is 0 Å². The highest BCUT2D eigenvalue weighted by molar-refractivity contribution is 4.87. The fourth-order valence-electron chi connectivity index (χ4n) is 1.04. The van der Waals surface area contributed by atoms with Crippen molar-refractivity contribution in [2.24, 2.45) is 0 Å². The van der Waals surface area contributed by atoms with Crippen LogP contribution in [0.4, 0.5) is 8.78 Å². The summed E-state index contributed by atoms with van der Waals surface area (Å²) in [7, 11) is 0. The van der Waals surface area contributed by atoms with E-state index in [9.17, 15) is 8.78 Å². The van der Waals surface area contributed by atoms with Crippen LogP contribution in [0.5, 0.6) is 0 Å². The largest absolute Gasteiger partial charge is 0.266 e. The Bertz CT molecular complexity index is 155. The standard InChI is InChI=1S/C11H18F2/c1-2-3-4-5-6-7-8-9-10-11(12)13/h6-7,10H,2-5,8-9H2,1H3/b7-6+. The zero-order valence-electron chi connectivity index (χ0n) is 8.23. The zero-order chi connectivity index (χ0) is 9.94. The van der Waals surface area contributed by atoms with Crippen molar-refractivity contribution in [2.75, 3.05) is 0 Å². The van der Waals surface area contributed by atoms with E-state index < -0.39 is 6.08 Å². The van der Waals surface area contributed by atoms with Crippen molar-refractivity contribution in [3.8, 4) is 0 Å². The molecule has 13 heavy (non-hydrogen) atoms. The molecule has 0 aliphatic heterocycles. The normalized spacial score (nSPS) is 10.7. The van der Waals surface area contributed by atoms with Gasteiger partial charge in [0, 0.05) is 0 Å². The Labute approximate surface area is 79.3 Å². The molecule has 0 unspecified atom stereocenters. The molecule has 0 aromatic carbocycles. The van der Waals surface area contributed by atoms with Crippen LogP contribution < -0.4 is 0 Å². The van der Waals surface area contributed by atoms with Crippen molar-refractivity contribution in [1.29, 1.82) is 0 Å². The molecule has 0 aliphatic carbocycles. The predicted octanol–water partition coefficient (Wildman–Crippen LogP) is 4.68. The van der Waals surface area contributed by atoms with E-state index in [1.54, 1.807) is 0 Å². The van der Waals surface area contributed by atoms with Gasteiger partial charge in [-0.3, -0.25) is 0 Å². The van der Waals surface area contributed by atoms with Gasteiger partial charge in [-0.15, -0.1) is 0 Å². The lowest BCUT2D eigenvalue weighted by atomic mass is 10.2. The van der Waals surface area contributed by atoms with Crippen molar-refractivity contribution in [3.05, 3.63) is 24.3 Å². The smallest absolute Gasteiger partial charge is 0.174 e. The molecule has 0 heterocycles. The van der Waals surface area contributed by atoms with E-state index in [0.29, 0.717) is 6.42 Å². The summed E-state index contributed by atoms with van der Waals surface area (Å²) >= 11 is 0. The molecule has 0 saturated heterocycles. The van der Waals surface area contributed by atoms with Gasteiger partial charge in [0.1, 0.15) is 0 Å². The summed E-state index contributed by atoms with van der Waals surface area (Å²) < 4.78 is 23.1. The molecule has 0 spiro atoms. The van der Waals surface area contributed by atoms with Crippen molar-refractivity contribution in [3.63, 3.8) is 0 Å². The number of rotatable bonds is 7. The van der Waals surface area contributed by atoms with E-state index in [0.717, 1.165) is 18.9 Å². The Morgan fingerprint density at radius 2 is 1.69 bits per heavy atom. The van der Waals surface area contributed by atoms with Gasteiger partial charge in [-0.1, -0.05) is 31.9 Å². The third-order valence-corrected chi connectivity index (χ3v) is 1.77. The molecule has 0 nitrogen and oxygen atoms in total. The fraction of sp³-hybridized carbons (Fsp3) is 0.636. The van der Waals surface area contributed by atoms with Crippen molar-refractivity contribution >= 4 is 0 Å². The summed E-state index contributed by atoms with van der Waals surface area (Å²) in [6, 6.07) is 0. The summed E-state index contributed by atoms with van der Waals surface area (Å²) in [5.74, 6) is 0. The average molecular weight is 188 g/mol. The molecule has 0 saturated carbocycles. The molecule has 2 heteroatoms. The summed E-state index contributed by atoms with van der Waals surface area (Å²) in [5.41, 5.74) is 0. The first kappa shape index (κ1) is 12.3. The van der Waals surface area contributed by atoms with E-state index in [4.69, 9.17) is 0 Å². The van der Waals surface area contributed by atoms with Crippen LogP contribution in [-0.2, 0) is 0 Å². The van der Waals surface area contributed by atoms with Gasteiger partial charge in [-0.2, -0.15) is 8.78 Å². The number of halogens is 2. The summed E-state index contributed by atoms with van der Waals surface area (Å²) in [5, 5.41) is 0. The monoisotopic (exact) mass is 188 g/mol. The van der Waals surface area contributed by atoms with Gasteiger partial charge in [0.2, 0.25) is 0 Å². The molecule has 76 valence electrons. The van der Waals surface area contributed by atoms with Crippen LogP contribution in [0.25, 0.3) is 0 Å². The minimum Gasteiger partial charge on any atom is -0.174 e. The third kappa shape index (κ3) is 11.3. The summed E-state index contributed by atoms with van der Waals surface area (Å²) in [6.45, 7) is 2.17. The summed E-state index contributed by atoms with van der Waals surface area (Å²) in [4.78, 5) is 0. The molecular formula is C11H18F2. The van der Waals surface area contributed by atoms with Crippen LogP contribution in [0.15, 0.2) is 24.3 Å². The van der Waals surface area contributed by atoms with E-state index in [1.165, 1.54) is 19.3 Å². The number of allylic oxidation sites excluding steroid dienone is 3. The third-order valence-electron chi connectivity index (χ3n) is 1.77. The van der Waals surface area contributed by atoms with Gasteiger partial charge in [0.25, 0.3) is 6.08 Å². The second-order valence-corrected chi connectivity index (χ2v) is 3.04. The van der Waals surface area contributed by atoms with E-state index in [1.807, 2.05) is 6.08 Å². The Morgan fingerprint density at radius 1 is 1.00 bits per heavy atom. The van der Waals surface area contributed by atoms with Gasteiger partial charge >= 0.3 is 0 Å². The lowest BCUT2D eigenvalue weighted by Crippen LogP contribution is -1.71.